The second kappa shape index (κ2) is 6.48. The Morgan fingerprint density at radius 1 is 1.27 bits per heavy atom. The molecule has 0 radical (unpaired) electrons. The maximum Gasteiger partial charge on any atom is 0.307 e. The highest BCUT2D eigenvalue weighted by molar-refractivity contribution is 5.89. The first-order valence-corrected chi connectivity index (χ1v) is 7.48. The van der Waals surface area contributed by atoms with Crippen molar-refractivity contribution in [2.45, 2.75) is 45.9 Å². The quantitative estimate of drug-likeness (QED) is 0.846. The number of hydrogen-bond donors (Lipinski definition) is 2. The third-order valence-corrected chi connectivity index (χ3v) is 3.57. The summed E-state index contributed by atoms with van der Waals surface area (Å²) < 4.78 is 5.73. The molecule has 1 fully saturated rings. The summed E-state index contributed by atoms with van der Waals surface area (Å²) in [5.74, 6) is -1.94. The van der Waals surface area contributed by atoms with Gasteiger partial charge in [-0.25, -0.2) is 0 Å². The summed E-state index contributed by atoms with van der Waals surface area (Å²) in [5, 5.41) is 11.6. The first kappa shape index (κ1) is 16.5. The van der Waals surface area contributed by atoms with E-state index < -0.39 is 11.9 Å². The predicted molar refractivity (Wildman–Crippen MR) is 82.1 cm³/mol. The lowest BCUT2D eigenvalue weighted by Gasteiger charge is -2.19. The Morgan fingerprint density at radius 2 is 1.95 bits per heavy atom. The molecule has 1 saturated carbocycles. The van der Waals surface area contributed by atoms with Crippen molar-refractivity contribution in [3.05, 3.63) is 35.4 Å². The molecule has 2 N–H and O–H groups in total. The van der Waals surface area contributed by atoms with Crippen molar-refractivity contribution in [2.75, 3.05) is 0 Å². The number of hydrogen-bond acceptors (Lipinski definition) is 3. The zero-order valence-electron chi connectivity index (χ0n) is 13.3. The van der Waals surface area contributed by atoms with Crippen LogP contribution in [0.1, 0.15) is 38.3 Å². The molecule has 0 saturated heterocycles. The van der Waals surface area contributed by atoms with Crippen LogP contribution in [0.3, 0.4) is 0 Å². The molecule has 1 aliphatic carbocycles. The van der Waals surface area contributed by atoms with E-state index in [-0.39, 0.29) is 17.4 Å². The van der Waals surface area contributed by atoms with E-state index in [9.17, 15) is 9.59 Å². The van der Waals surface area contributed by atoms with Crippen LogP contribution < -0.4 is 5.32 Å². The van der Waals surface area contributed by atoms with E-state index in [0.717, 1.165) is 11.1 Å². The number of ether oxygens (including phenoxy) is 1. The number of aliphatic carboxylic acids is 1. The monoisotopic (exact) mass is 305 g/mol. The summed E-state index contributed by atoms with van der Waals surface area (Å²) in [4.78, 5) is 22.6. The number of benzene rings is 1. The Balaban J connectivity index is 1.83. The Hall–Kier alpha value is -1.88. The highest BCUT2D eigenvalue weighted by atomic mass is 16.5. The average molecular weight is 305 g/mol. The maximum atomic E-state index is 11.8. The minimum Gasteiger partial charge on any atom is -0.481 e. The van der Waals surface area contributed by atoms with Crippen LogP contribution in [-0.4, -0.2) is 22.6 Å². The standard InChI is InChI=1S/C17H23NO4/c1-17(2,3)22-10-12-6-4-5-11(7-12)9-18-15(19)13-8-14(13)16(20)21/h4-7,13-14H,8-10H2,1-3H3,(H,18,19)(H,20,21). The molecule has 22 heavy (non-hydrogen) atoms. The van der Waals surface area contributed by atoms with Gasteiger partial charge in [-0.05, 0) is 38.3 Å². The molecule has 120 valence electrons. The first-order chi connectivity index (χ1) is 10.3. The number of nitrogens with one attached hydrogen (secondary N) is 1. The Kier molecular flexibility index (Phi) is 4.86. The van der Waals surface area contributed by atoms with Crippen molar-refractivity contribution in [3.8, 4) is 0 Å². The molecule has 1 aliphatic rings. The number of carbonyl (C=O) groups is 2. The van der Waals surface area contributed by atoms with Gasteiger partial charge < -0.3 is 15.2 Å². The predicted octanol–water partition coefficient (Wildman–Crippen LogP) is 2.34. The molecule has 5 heteroatoms. The molecule has 2 unspecified atom stereocenters. The van der Waals surface area contributed by atoms with E-state index in [4.69, 9.17) is 9.84 Å². The molecule has 5 nitrogen and oxygen atoms in total. The van der Waals surface area contributed by atoms with Crippen LogP contribution in [0, 0.1) is 11.8 Å². The number of carbonyl (C=O) groups excluding carboxylic acids is 1. The smallest absolute Gasteiger partial charge is 0.307 e. The van der Waals surface area contributed by atoms with Crippen molar-refractivity contribution in [2.24, 2.45) is 11.8 Å². The van der Waals surface area contributed by atoms with Crippen LogP contribution >= 0.6 is 0 Å². The van der Waals surface area contributed by atoms with Crippen LogP contribution in [0.2, 0.25) is 0 Å². The lowest BCUT2D eigenvalue weighted by Crippen LogP contribution is -2.26. The van der Waals surface area contributed by atoms with Gasteiger partial charge in [0, 0.05) is 6.54 Å². The molecule has 2 atom stereocenters. The SMILES string of the molecule is CC(C)(C)OCc1cccc(CNC(=O)C2CC2C(=O)O)c1. The fourth-order valence-corrected chi connectivity index (χ4v) is 2.21. The van der Waals surface area contributed by atoms with Crippen molar-refractivity contribution >= 4 is 11.9 Å². The van der Waals surface area contributed by atoms with Gasteiger partial charge in [-0.1, -0.05) is 24.3 Å². The third kappa shape index (κ3) is 4.84. The van der Waals surface area contributed by atoms with Crippen LogP contribution in [-0.2, 0) is 27.5 Å². The van der Waals surface area contributed by atoms with Crippen molar-refractivity contribution in [3.63, 3.8) is 0 Å². The van der Waals surface area contributed by atoms with Gasteiger partial charge >= 0.3 is 5.97 Å². The largest absolute Gasteiger partial charge is 0.481 e. The second-order valence-corrected chi connectivity index (χ2v) is 6.73. The molecule has 1 amide bonds. The Bertz CT molecular complexity index is 562. The summed E-state index contributed by atoms with van der Waals surface area (Å²) in [6.07, 6.45) is 0.445. The van der Waals surface area contributed by atoms with E-state index in [1.165, 1.54) is 0 Å². The van der Waals surface area contributed by atoms with E-state index in [2.05, 4.69) is 5.32 Å². The molecule has 2 rings (SSSR count). The van der Waals surface area contributed by atoms with E-state index in [0.29, 0.717) is 19.6 Å². The highest BCUT2D eigenvalue weighted by Crippen LogP contribution is 2.38. The van der Waals surface area contributed by atoms with Crippen LogP contribution in [0.25, 0.3) is 0 Å². The van der Waals surface area contributed by atoms with Crippen LogP contribution in [0.5, 0.6) is 0 Å². The average Bonchev–Trinajstić information content (AvgIpc) is 3.23. The van der Waals surface area contributed by atoms with Crippen molar-refractivity contribution < 1.29 is 19.4 Å². The van der Waals surface area contributed by atoms with Gasteiger partial charge in [-0.3, -0.25) is 9.59 Å². The minimum atomic E-state index is -0.888. The zero-order chi connectivity index (χ0) is 16.3. The fourth-order valence-electron chi connectivity index (χ4n) is 2.21. The number of amides is 1. The summed E-state index contributed by atoms with van der Waals surface area (Å²) in [6, 6.07) is 7.84. The normalized spacial score (nSPS) is 20.5. The lowest BCUT2D eigenvalue weighted by atomic mass is 10.1. The van der Waals surface area contributed by atoms with Gasteiger partial charge in [0.2, 0.25) is 5.91 Å². The fraction of sp³-hybridized carbons (Fsp3) is 0.529. The molecular weight excluding hydrogens is 282 g/mol. The molecule has 0 aromatic heterocycles. The van der Waals surface area contributed by atoms with Gasteiger partial charge in [0.15, 0.2) is 0 Å². The summed E-state index contributed by atoms with van der Waals surface area (Å²) in [6.45, 7) is 6.95. The van der Waals surface area contributed by atoms with E-state index in [1.807, 2.05) is 45.0 Å². The molecule has 0 aliphatic heterocycles. The molecule has 1 aromatic rings. The molecule has 0 bridgehead atoms. The van der Waals surface area contributed by atoms with Crippen LogP contribution in [0.4, 0.5) is 0 Å². The van der Waals surface area contributed by atoms with E-state index in [1.54, 1.807) is 0 Å². The summed E-state index contributed by atoms with van der Waals surface area (Å²) >= 11 is 0. The number of carboxylic acid groups (broad SMARTS) is 1. The van der Waals surface area contributed by atoms with E-state index >= 15 is 0 Å². The molecular formula is C17H23NO4. The van der Waals surface area contributed by atoms with Gasteiger partial charge in [-0.15, -0.1) is 0 Å². The summed E-state index contributed by atoms with van der Waals surface area (Å²) in [7, 11) is 0. The maximum absolute atomic E-state index is 11.8. The zero-order valence-corrected chi connectivity index (χ0v) is 13.3. The molecule has 0 spiro atoms. The van der Waals surface area contributed by atoms with Gasteiger partial charge in [0.25, 0.3) is 0 Å². The third-order valence-electron chi connectivity index (χ3n) is 3.57. The molecule has 0 heterocycles. The second-order valence-electron chi connectivity index (χ2n) is 6.73. The van der Waals surface area contributed by atoms with Crippen molar-refractivity contribution in [1.29, 1.82) is 0 Å². The summed E-state index contributed by atoms with van der Waals surface area (Å²) in [5.41, 5.74) is 1.84. The van der Waals surface area contributed by atoms with Crippen LogP contribution in [0.15, 0.2) is 24.3 Å². The lowest BCUT2D eigenvalue weighted by molar-refractivity contribution is -0.140. The Morgan fingerprint density at radius 3 is 2.55 bits per heavy atom. The number of rotatable bonds is 6. The Labute approximate surface area is 130 Å². The van der Waals surface area contributed by atoms with Gasteiger partial charge in [-0.2, -0.15) is 0 Å². The first-order valence-electron chi connectivity index (χ1n) is 7.48. The minimum absolute atomic E-state index is 0.177. The van der Waals surface area contributed by atoms with Crippen molar-refractivity contribution in [1.82, 2.24) is 5.32 Å². The number of carboxylic acids is 1. The van der Waals surface area contributed by atoms with Gasteiger partial charge in [0.1, 0.15) is 0 Å². The molecule has 1 aromatic carbocycles. The topological polar surface area (TPSA) is 75.6 Å². The van der Waals surface area contributed by atoms with Gasteiger partial charge in [0.05, 0.1) is 24.0 Å². The highest BCUT2D eigenvalue weighted by Gasteiger charge is 2.48.